The van der Waals surface area contributed by atoms with Gasteiger partial charge in [0.1, 0.15) is 6.10 Å². The molecular formula is C9H14O2. The first-order chi connectivity index (χ1) is 5.33. The summed E-state index contributed by atoms with van der Waals surface area (Å²) in [4.78, 5) is 0. The zero-order valence-corrected chi connectivity index (χ0v) is 6.62. The Balaban J connectivity index is 2.07. The molecule has 1 N–H and O–H groups in total. The van der Waals surface area contributed by atoms with Gasteiger partial charge in [-0.05, 0) is 25.7 Å². The lowest BCUT2D eigenvalue weighted by molar-refractivity contribution is 0.0909. The second kappa shape index (κ2) is 4.38. The largest absolute Gasteiger partial charge is 0.380 e. The molecule has 0 aliphatic carbocycles. The number of aliphatic hydroxyl groups excluding tert-OH is 1. The van der Waals surface area contributed by atoms with Crippen molar-refractivity contribution in [2.24, 2.45) is 0 Å². The summed E-state index contributed by atoms with van der Waals surface area (Å²) in [7, 11) is 0. The lowest BCUT2D eigenvalue weighted by Crippen LogP contribution is -2.10. The monoisotopic (exact) mass is 154 g/mol. The summed E-state index contributed by atoms with van der Waals surface area (Å²) in [6.45, 7) is 0.872. The SMILES string of the molecule is C#CC(O)CCC1CCCO1. The predicted molar refractivity (Wildman–Crippen MR) is 43.0 cm³/mol. The van der Waals surface area contributed by atoms with Crippen molar-refractivity contribution in [1.82, 2.24) is 0 Å². The molecule has 1 rings (SSSR count). The van der Waals surface area contributed by atoms with Crippen LogP contribution >= 0.6 is 0 Å². The van der Waals surface area contributed by atoms with Crippen LogP contribution in [0.1, 0.15) is 25.7 Å². The van der Waals surface area contributed by atoms with Crippen molar-refractivity contribution in [2.75, 3.05) is 6.61 Å². The molecule has 0 bridgehead atoms. The molecule has 0 aromatic heterocycles. The Morgan fingerprint density at radius 2 is 2.55 bits per heavy atom. The van der Waals surface area contributed by atoms with E-state index < -0.39 is 6.10 Å². The maximum absolute atomic E-state index is 9.03. The van der Waals surface area contributed by atoms with Crippen LogP contribution in [0.2, 0.25) is 0 Å². The molecule has 2 nitrogen and oxygen atoms in total. The van der Waals surface area contributed by atoms with Crippen molar-refractivity contribution < 1.29 is 9.84 Å². The molecule has 2 heteroatoms. The summed E-state index contributed by atoms with van der Waals surface area (Å²) in [6.07, 6.45) is 8.61. The molecule has 1 aliphatic heterocycles. The molecular weight excluding hydrogens is 140 g/mol. The van der Waals surface area contributed by atoms with E-state index in [0.29, 0.717) is 12.5 Å². The molecule has 2 atom stereocenters. The van der Waals surface area contributed by atoms with E-state index in [0.717, 1.165) is 25.9 Å². The van der Waals surface area contributed by atoms with Gasteiger partial charge < -0.3 is 9.84 Å². The fourth-order valence-corrected chi connectivity index (χ4v) is 1.30. The molecule has 0 aromatic carbocycles. The molecule has 1 fully saturated rings. The van der Waals surface area contributed by atoms with E-state index in [2.05, 4.69) is 5.92 Å². The highest BCUT2D eigenvalue weighted by Gasteiger charge is 2.15. The summed E-state index contributed by atoms with van der Waals surface area (Å²) in [6, 6.07) is 0. The van der Waals surface area contributed by atoms with Gasteiger partial charge in [-0.15, -0.1) is 6.42 Å². The number of terminal acetylenes is 1. The summed E-state index contributed by atoms with van der Waals surface area (Å²) in [5, 5.41) is 9.03. The standard InChI is InChI=1S/C9H14O2/c1-2-8(10)5-6-9-4-3-7-11-9/h1,8-10H,3-7H2. The molecule has 2 unspecified atom stereocenters. The van der Waals surface area contributed by atoms with Gasteiger partial charge in [0, 0.05) is 6.61 Å². The van der Waals surface area contributed by atoms with Crippen LogP contribution in [0.3, 0.4) is 0 Å². The molecule has 0 spiro atoms. The van der Waals surface area contributed by atoms with Gasteiger partial charge in [-0.3, -0.25) is 0 Å². The normalized spacial score (nSPS) is 26.4. The highest BCUT2D eigenvalue weighted by Crippen LogP contribution is 2.17. The van der Waals surface area contributed by atoms with Gasteiger partial charge in [0.2, 0.25) is 0 Å². The van der Waals surface area contributed by atoms with Crippen LogP contribution in [0, 0.1) is 12.3 Å². The molecule has 1 saturated heterocycles. The van der Waals surface area contributed by atoms with Gasteiger partial charge in [0.25, 0.3) is 0 Å². The van der Waals surface area contributed by atoms with Crippen LogP contribution in [0.25, 0.3) is 0 Å². The zero-order chi connectivity index (χ0) is 8.10. The summed E-state index contributed by atoms with van der Waals surface area (Å²) in [5.74, 6) is 2.29. The third-order valence-corrected chi connectivity index (χ3v) is 1.98. The van der Waals surface area contributed by atoms with Crippen molar-refractivity contribution >= 4 is 0 Å². The number of ether oxygens (including phenoxy) is 1. The minimum absolute atomic E-state index is 0.345. The maximum atomic E-state index is 9.03. The quantitative estimate of drug-likeness (QED) is 0.613. The highest BCUT2D eigenvalue weighted by molar-refractivity contribution is 4.93. The van der Waals surface area contributed by atoms with E-state index in [1.165, 1.54) is 0 Å². The van der Waals surface area contributed by atoms with Crippen molar-refractivity contribution in [3.8, 4) is 12.3 Å². The van der Waals surface area contributed by atoms with Crippen LogP contribution < -0.4 is 0 Å². The number of hydrogen-bond acceptors (Lipinski definition) is 2. The van der Waals surface area contributed by atoms with Crippen LogP contribution in [0.5, 0.6) is 0 Å². The Kier molecular flexibility index (Phi) is 3.41. The first-order valence-electron chi connectivity index (χ1n) is 4.08. The minimum Gasteiger partial charge on any atom is -0.380 e. The third-order valence-electron chi connectivity index (χ3n) is 1.98. The molecule has 0 aromatic rings. The molecule has 0 radical (unpaired) electrons. The predicted octanol–water partition coefficient (Wildman–Crippen LogP) is 0.940. The molecule has 0 saturated carbocycles. The lowest BCUT2D eigenvalue weighted by atomic mass is 10.1. The first kappa shape index (κ1) is 8.58. The maximum Gasteiger partial charge on any atom is 0.114 e. The Morgan fingerprint density at radius 1 is 1.73 bits per heavy atom. The van der Waals surface area contributed by atoms with Crippen LogP contribution in [-0.4, -0.2) is 23.9 Å². The van der Waals surface area contributed by atoms with Gasteiger partial charge in [0.15, 0.2) is 0 Å². The molecule has 1 heterocycles. The fourth-order valence-electron chi connectivity index (χ4n) is 1.30. The van der Waals surface area contributed by atoms with E-state index in [1.54, 1.807) is 0 Å². The first-order valence-corrected chi connectivity index (χ1v) is 4.08. The Hall–Kier alpha value is -0.520. The Morgan fingerprint density at radius 3 is 3.09 bits per heavy atom. The molecule has 11 heavy (non-hydrogen) atoms. The second-order valence-electron chi connectivity index (χ2n) is 2.89. The Bertz CT molecular complexity index is 142. The van der Waals surface area contributed by atoms with Gasteiger partial charge >= 0.3 is 0 Å². The van der Waals surface area contributed by atoms with Gasteiger partial charge in [0.05, 0.1) is 6.10 Å². The van der Waals surface area contributed by atoms with E-state index in [9.17, 15) is 0 Å². The van der Waals surface area contributed by atoms with Gasteiger partial charge in [-0.25, -0.2) is 0 Å². The van der Waals surface area contributed by atoms with Gasteiger partial charge in [-0.1, -0.05) is 5.92 Å². The summed E-state index contributed by atoms with van der Waals surface area (Å²) in [5.41, 5.74) is 0. The van der Waals surface area contributed by atoms with Crippen LogP contribution in [-0.2, 0) is 4.74 Å². The van der Waals surface area contributed by atoms with Crippen LogP contribution in [0.15, 0.2) is 0 Å². The molecule has 0 amide bonds. The molecule has 62 valence electrons. The van der Waals surface area contributed by atoms with E-state index in [1.807, 2.05) is 0 Å². The van der Waals surface area contributed by atoms with E-state index >= 15 is 0 Å². The zero-order valence-electron chi connectivity index (χ0n) is 6.62. The number of rotatable bonds is 3. The summed E-state index contributed by atoms with van der Waals surface area (Å²) >= 11 is 0. The number of aliphatic hydroxyl groups is 1. The van der Waals surface area contributed by atoms with E-state index in [4.69, 9.17) is 16.3 Å². The van der Waals surface area contributed by atoms with Crippen LogP contribution in [0.4, 0.5) is 0 Å². The lowest BCUT2D eigenvalue weighted by Gasteiger charge is -2.09. The average Bonchev–Trinajstić information content (AvgIpc) is 2.52. The van der Waals surface area contributed by atoms with Crippen molar-refractivity contribution in [1.29, 1.82) is 0 Å². The minimum atomic E-state index is -0.584. The second-order valence-corrected chi connectivity index (χ2v) is 2.89. The van der Waals surface area contributed by atoms with Crippen molar-refractivity contribution in [3.63, 3.8) is 0 Å². The topological polar surface area (TPSA) is 29.5 Å². The van der Waals surface area contributed by atoms with Crippen molar-refractivity contribution in [3.05, 3.63) is 0 Å². The molecule has 1 aliphatic rings. The average molecular weight is 154 g/mol. The van der Waals surface area contributed by atoms with E-state index in [-0.39, 0.29) is 0 Å². The fraction of sp³-hybridized carbons (Fsp3) is 0.778. The number of hydrogen-bond donors (Lipinski definition) is 1. The smallest absolute Gasteiger partial charge is 0.114 e. The summed E-state index contributed by atoms with van der Waals surface area (Å²) < 4.78 is 5.37. The Labute approximate surface area is 67.6 Å². The van der Waals surface area contributed by atoms with Crippen molar-refractivity contribution in [2.45, 2.75) is 37.9 Å². The van der Waals surface area contributed by atoms with Gasteiger partial charge in [-0.2, -0.15) is 0 Å². The third kappa shape index (κ3) is 2.92. The highest BCUT2D eigenvalue weighted by atomic mass is 16.5.